The minimum Gasteiger partial charge on any atom is -0.311 e. The normalized spacial score (nSPS) is 11.6. The van der Waals surface area contributed by atoms with E-state index in [9.17, 15) is 0 Å². The lowest BCUT2D eigenvalue weighted by atomic mass is 9.92. The molecule has 0 spiro atoms. The summed E-state index contributed by atoms with van der Waals surface area (Å²) in [6.45, 7) is 0. The Bertz CT molecular complexity index is 4050. The smallest absolute Gasteiger partial charge is 0.0462 e. The maximum absolute atomic E-state index is 2.37. The van der Waals surface area contributed by atoms with Gasteiger partial charge in [-0.2, -0.15) is 0 Å². The number of hydrogen-bond acceptors (Lipinski definition) is 1. The third-order valence-corrected chi connectivity index (χ3v) is 15.1. The Balaban J connectivity index is 0.760. The van der Waals surface area contributed by atoms with E-state index in [4.69, 9.17) is 0 Å². The fraction of sp³-hybridized carbons (Fsp3) is 0. The van der Waals surface area contributed by atoms with Crippen LogP contribution >= 0.6 is 0 Å². The van der Waals surface area contributed by atoms with Gasteiger partial charge in [0.05, 0.1) is 0 Å². The third kappa shape index (κ3) is 7.50. The fourth-order valence-corrected chi connectivity index (χ4v) is 11.4. The summed E-state index contributed by atoms with van der Waals surface area (Å²) in [5.74, 6) is 0. The summed E-state index contributed by atoms with van der Waals surface area (Å²) in [5.41, 5.74) is 15.3. The van der Waals surface area contributed by atoms with Crippen molar-refractivity contribution in [2.75, 3.05) is 4.90 Å². The molecule has 0 bridgehead atoms. The zero-order valence-electron chi connectivity index (χ0n) is 40.1. The van der Waals surface area contributed by atoms with E-state index in [0.29, 0.717) is 0 Å². The zero-order chi connectivity index (χ0) is 48.2. The number of benzene rings is 14. The van der Waals surface area contributed by atoms with Crippen LogP contribution in [0.3, 0.4) is 0 Å². The first-order chi connectivity index (χ1) is 36.2. The molecule has 0 amide bonds. The molecule has 0 fully saturated rings. The SMILES string of the molecule is c1ccc(-c2ccc(N(c3ccc(-c4ccc(-c5ccc6c7ccccc7c7ccccc7c6c5)cc4)cc3)c3ccc(-c4ccc(-c5ccc6c7ccccc7c7ccccc7c6c5)cc4)cc3)cc2)cc1. The molecule has 0 aliphatic heterocycles. The first kappa shape index (κ1) is 42.3. The lowest BCUT2D eigenvalue weighted by Gasteiger charge is -2.26. The summed E-state index contributed by atoms with van der Waals surface area (Å²) in [4.78, 5) is 2.35. The summed E-state index contributed by atoms with van der Waals surface area (Å²) < 4.78 is 0. The van der Waals surface area contributed by atoms with Crippen LogP contribution in [-0.4, -0.2) is 0 Å². The monoisotopic (exact) mass is 925 g/mol. The van der Waals surface area contributed by atoms with Crippen LogP contribution in [0.5, 0.6) is 0 Å². The Labute approximate surface area is 425 Å². The van der Waals surface area contributed by atoms with E-state index in [1.165, 1.54) is 120 Å². The highest BCUT2D eigenvalue weighted by Crippen LogP contribution is 2.41. The van der Waals surface area contributed by atoms with Gasteiger partial charge in [0.2, 0.25) is 0 Å². The van der Waals surface area contributed by atoms with Crippen LogP contribution < -0.4 is 4.90 Å². The van der Waals surface area contributed by atoms with Gasteiger partial charge >= 0.3 is 0 Å². The van der Waals surface area contributed by atoms with Crippen molar-refractivity contribution in [3.8, 4) is 55.6 Å². The van der Waals surface area contributed by atoms with Crippen LogP contribution in [0.4, 0.5) is 17.1 Å². The molecule has 0 aliphatic rings. The molecule has 1 heteroatoms. The van der Waals surface area contributed by atoms with Crippen LogP contribution in [0.1, 0.15) is 0 Å². The number of anilines is 3. The minimum absolute atomic E-state index is 1.09. The number of rotatable bonds is 8. The Morgan fingerprint density at radius 2 is 0.329 bits per heavy atom. The van der Waals surface area contributed by atoms with Gasteiger partial charge in [-0.15, -0.1) is 0 Å². The molecule has 14 aromatic rings. The van der Waals surface area contributed by atoms with Gasteiger partial charge in [-0.3, -0.25) is 0 Å². The molecule has 0 saturated carbocycles. The van der Waals surface area contributed by atoms with Gasteiger partial charge in [0, 0.05) is 17.1 Å². The van der Waals surface area contributed by atoms with E-state index in [0.717, 1.165) is 17.1 Å². The van der Waals surface area contributed by atoms with Crippen molar-refractivity contribution >= 4 is 81.7 Å². The van der Waals surface area contributed by atoms with E-state index in [1.807, 2.05) is 0 Å². The second-order valence-electron chi connectivity index (χ2n) is 19.2. The summed E-state index contributed by atoms with van der Waals surface area (Å²) in [6, 6.07) is 105. The molecule has 0 aliphatic carbocycles. The first-order valence-electron chi connectivity index (χ1n) is 25.2. The van der Waals surface area contributed by atoms with E-state index in [-0.39, 0.29) is 0 Å². The van der Waals surface area contributed by atoms with Crippen molar-refractivity contribution in [2.24, 2.45) is 0 Å². The van der Waals surface area contributed by atoms with Crippen molar-refractivity contribution in [2.45, 2.75) is 0 Å². The van der Waals surface area contributed by atoms with Gasteiger partial charge in [-0.05, 0) is 169 Å². The Kier molecular flexibility index (Phi) is 10.3. The average Bonchev–Trinajstić information content (AvgIpc) is 3.48. The molecule has 1 nitrogen and oxygen atoms in total. The predicted molar refractivity (Wildman–Crippen MR) is 313 cm³/mol. The van der Waals surface area contributed by atoms with Crippen LogP contribution in [-0.2, 0) is 0 Å². The highest BCUT2D eigenvalue weighted by molar-refractivity contribution is 6.27. The van der Waals surface area contributed by atoms with Crippen molar-refractivity contribution in [1.29, 1.82) is 0 Å². The molecule has 0 N–H and O–H groups in total. The number of fused-ring (bicyclic) bond motifs is 12. The van der Waals surface area contributed by atoms with Gasteiger partial charge < -0.3 is 4.90 Å². The molecule has 14 aromatic carbocycles. The summed E-state index contributed by atoms with van der Waals surface area (Å²) in [6.07, 6.45) is 0. The van der Waals surface area contributed by atoms with E-state index >= 15 is 0 Å². The molecule has 340 valence electrons. The van der Waals surface area contributed by atoms with Crippen molar-refractivity contribution < 1.29 is 0 Å². The summed E-state index contributed by atoms with van der Waals surface area (Å²) in [7, 11) is 0. The molecular formula is C72H47N. The van der Waals surface area contributed by atoms with Crippen molar-refractivity contribution in [3.05, 3.63) is 285 Å². The van der Waals surface area contributed by atoms with E-state index < -0.39 is 0 Å². The minimum atomic E-state index is 1.09. The van der Waals surface area contributed by atoms with E-state index in [1.54, 1.807) is 0 Å². The fourth-order valence-electron chi connectivity index (χ4n) is 11.4. The van der Waals surface area contributed by atoms with Gasteiger partial charge in [-0.1, -0.05) is 237 Å². The molecule has 0 heterocycles. The average molecular weight is 926 g/mol. The molecule has 0 atom stereocenters. The Hall–Kier alpha value is -9.56. The maximum atomic E-state index is 2.37. The molecule has 0 saturated heterocycles. The largest absolute Gasteiger partial charge is 0.311 e. The quantitative estimate of drug-likeness (QED) is 0.137. The van der Waals surface area contributed by atoms with Gasteiger partial charge in [0.25, 0.3) is 0 Å². The van der Waals surface area contributed by atoms with Gasteiger partial charge in [0.15, 0.2) is 0 Å². The lowest BCUT2D eigenvalue weighted by Crippen LogP contribution is -2.09. The number of nitrogens with zero attached hydrogens (tertiary/aromatic N) is 1. The van der Waals surface area contributed by atoms with Crippen molar-refractivity contribution in [3.63, 3.8) is 0 Å². The third-order valence-electron chi connectivity index (χ3n) is 15.1. The van der Waals surface area contributed by atoms with Gasteiger partial charge in [-0.25, -0.2) is 0 Å². The number of hydrogen-bond donors (Lipinski definition) is 0. The molecular weight excluding hydrogens is 879 g/mol. The van der Waals surface area contributed by atoms with Gasteiger partial charge in [0.1, 0.15) is 0 Å². The van der Waals surface area contributed by atoms with Crippen LogP contribution in [0, 0.1) is 0 Å². The predicted octanol–water partition coefficient (Wildman–Crippen LogP) is 20.4. The van der Waals surface area contributed by atoms with Crippen LogP contribution in [0.2, 0.25) is 0 Å². The summed E-state index contributed by atoms with van der Waals surface area (Å²) in [5, 5.41) is 15.5. The molecule has 14 rings (SSSR count). The highest BCUT2D eigenvalue weighted by Gasteiger charge is 2.16. The van der Waals surface area contributed by atoms with E-state index in [2.05, 4.69) is 290 Å². The van der Waals surface area contributed by atoms with Crippen LogP contribution in [0.25, 0.3) is 120 Å². The standard InChI is InChI=1S/C72H47N/c1-2-12-48(13-3-1)51-30-38-58(39-31-51)73(59-40-32-52(33-41-59)49-22-26-54(27-23-49)56-36-44-69-65-18-6-4-14-61(65)63-16-8-10-20-67(63)71(69)46-56)60-42-34-53(35-43-60)50-24-28-55(29-25-50)57-37-45-70-66-19-7-5-15-62(66)64-17-9-11-21-68(64)72(70)47-57/h1-47H. The Morgan fingerprint density at radius 3 is 0.616 bits per heavy atom. The molecule has 73 heavy (non-hydrogen) atoms. The van der Waals surface area contributed by atoms with Crippen molar-refractivity contribution in [1.82, 2.24) is 0 Å². The maximum Gasteiger partial charge on any atom is 0.0462 e. The Morgan fingerprint density at radius 1 is 0.137 bits per heavy atom. The molecule has 0 radical (unpaired) electrons. The second-order valence-corrected chi connectivity index (χ2v) is 19.2. The van der Waals surface area contributed by atoms with Crippen LogP contribution in [0.15, 0.2) is 285 Å². The first-order valence-corrected chi connectivity index (χ1v) is 25.2. The summed E-state index contributed by atoms with van der Waals surface area (Å²) >= 11 is 0. The zero-order valence-corrected chi connectivity index (χ0v) is 40.1. The highest BCUT2D eigenvalue weighted by atomic mass is 15.1. The molecule has 0 aromatic heterocycles. The topological polar surface area (TPSA) is 3.24 Å². The molecule has 0 unspecified atom stereocenters. The second kappa shape index (κ2) is 17.7. The lowest BCUT2D eigenvalue weighted by molar-refractivity contribution is 1.28.